The smallest absolute Gasteiger partial charge is 0.233 e. The van der Waals surface area contributed by atoms with Gasteiger partial charge in [-0.1, -0.05) is 44.7 Å². The van der Waals surface area contributed by atoms with Crippen molar-refractivity contribution in [2.24, 2.45) is 0 Å². The number of nitrogens with one attached hydrogen (secondary N) is 1. The number of carbonyl (C=O) groups is 2. The molecule has 0 aromatic heterocycles. The van der Waals surface area contributed by atoms with E-state index < -0.39 is 0 Å². The summed E-state index contributed by atoms with van der Waals surface area (Å²) in [5.74, 6) is 0.105. The van der Waals surface area contributed by atoms with E-state index in [2.05, 4.69) is 37.2 Å². The van der Waals surface area contributed by atoms with Crippen LogP contribution in [0.4, 0.5) is 0 Å². The molecule has 0 rings (SSSR count). The first-order chi connectivity index (χ1) is 8.57. The van der Waals surface area contributed by atoms with Gasteiger partial charge in [-0.15, -0.1) is 0 Å². The number of carbonyl (C=O) groups excluding carboxylic acids is 2. The number of hydrogen-bond donors (Lipinski definition) is 1. The Bertz CT molecular complexity index is 247. The lowest BCUT2D eigenvalue weighted by Gasteiger charge is -2.06. The van der Waals surface area contributed by atoms with Gasteiger partial charge < -0.3 is 10.1 Å². The maximum absolute atomic E-state index is 11.2. The lowest BCUT2D eigenvalue weighted by Crippen LogP contribution is -2.30. The Kier molecular flexibility index (Phi) is 12.2. The number of alkyl halides is 2. The first-order valence-corrected chi connectivity index (χ1v) is 8.18. The van der Waals surface area contributed by atoms with Crippen LogP contribution in [-0.4, -0.2) is 41.6 Å². The fourth-order valence-corrected chi connectivity index (χ4v) is 1.58. The van der Waals surface area contributed by atoms with Gasteiger partial charge in [0, 0.05) is 13.2 Å². The van der Waals surface area contributed by atoms with Gasteiger partial charge in [0.15, 0.2) is 5.78 Å². The first-order valence-electron chi connectivity index (χ1n) is 6.15. The number of rotatable bonds is 11. The molecule has 6 heteroatoms. The predicted octanol–water partition coefficient (Wildman–Crippen LogP) is 2.43. The Balaban J connectivity index is 3.17. The lowest BCUT2D eigenvalue weighted by molar-refractivity contribution is -0.121. The molecule has 4 nitrogen and oxygen atoms in total. The molecule has 1 atom stereocenters. The molecule has 1 amide bonds. The minimum atomic E-state index is -0.127. The van der Waals surface area contributed by atoms with Gasteiger partial charge in [-0.2, -0.15) is 0 Å². The normalized spacial score (nSPS) is 12.2. The monoisotopic (exact) mass is 385 g/mol. The zero-order chi connectivity index (χ0) is 13.8. The SMILES string of the molecule is CC(Br)C(=O)NCCCCCCOCC(=O)CBr. The average Bonchev–Trinajstić information content (AvgIpc) is 2.35. The lowest BCUT2D eigenvalue weighted by atomic mass is 10.2. The van der Waals surface area contributed by atoms with Crippen molar-refractivity contribution in [1.82, 2.24) is 5.32 Å². The zero-order valence-electron chi connectivity index (χ0n) is 10.7. The average molecular weight is 387 g/mol. The topological polar surface area (TPSA) is 55.4 Å². The third kappa shape index (κ3) is 11.2. The van der Waals surface area contributed by atoms with Crippen LogP contribution in [0.2, 0.25) is 0 Å². The van der Waals surface area contributed by atoms with Crippen molar-refractivity contribution in [2.45, 2.75) is 37.4 Å². The van der Waals surface area contributed by atoms with E-state index in [0.29, 0.717) is 11.9 Å². The summed E-state index contributed by atoms with van der Waals surface area (Å²) in [5, 5.41) is 3.20. The van der Waals surface area contributed by atoms with Gasteiger partial charge in [0.2, 0.25) is 5.91 Å². The molecule has 0 aromatic carbocycles. The van der Waals surface area contributed by atoms with Crippen LogP contribution in [0.15, 0.2) is 0 Å². The molecule has 1 unspecified atom stereocenters. The van der Waals surface area contributed by atoms with E-state index in [1.807, 2.05) is 0 Å². The highest BCUT2D eigenvalue weighted by molar-refractivity contribution is 9.10. The molecule has 0 saturated heterocycles. The molecule has 0 aliphatic heterocycles. The van der Waals surface area contributed by atoms with Gasteiger partial charge in [0.1, 0.15) is 6.61 Å². The quantitative estimate of drug-likeness (QED) is 0.438. The van der Waals surface area contributed by atoms with Crippen molar-refractivity contribution in [1.29, 1.82) is 0 Å². The van der Waals surface area contributed by atoms with E-state index in [1.54, 1.807) is 6.92 Å². The second kappa shape index (κ2) is 12.1. The Hall–Kier alpha value is 0.0600. The third-order valence-electron chi connectivity index (χ3n) is 2.29. The minimum Gasteiger partial charge on any atom is -0.374 e. The second-order valence-electron chi connectivity index (χ2n) is 4.05. The van der Waals surface area contributed by atoms with Crippen LogP contribution in [0.25, 0.3) is 0 Å². The van der Waals surface area contributed by atoms with Crippen molar-refractivity contribution in [3.05, 3.63) is 0 Å². The van der Waals surface area contributed by atoms with E-state index in [-0.39, 0.29) is 23.1 Å². The molecular formula is C12H21Br2NO3. The molecule has 18 heavy (non-hydrogen) atoms. The molecule has 0 bridgehead atoms. The summed E-state index contributed by atoms with van der Waals surface area (Å²) in [6.45, 7) is 3.35. The van der Waals surface area contributed by atoms with Crippen LogP contribution in [-0.2, 0) is 14.3 Å². The van der Waals surface area contributed by atoms with Crippen LogP contribution in [0.1, 0.15) is 32.6 Å². The predicted molar refractivity (Wildman–Crippen MR) is 79.5 cm³/mol. The minimum absolute atomic E-state index is 0.0339. The number of Topliss-reactive ketones (excluding diaryl/α,β-unsaturated/α-hetero) is 1. The van der Waals surface area contributed by atoms with E-state index in [0.717, 1.165) is 32.2 Å². The summed E-state index contributed by atoms with van der Waals surface area (Å²) in [6.07, 6.45) is 4.05. The van der Waals surface area contributed by atoms with E-state index in [4.69, 9.17) is 4.74 Å². The number of halogens is 2. The van der Waals surface area contributed by atoms with E-state index in [1.165, 1.54) is 0 Å². The van der Waals surface area contributed by atoms with Crippen LogP contribution in [0, 0.1) is 0 Å². The Morgan fingerprint density at radius 1 is 1.22 bits per heavy atom. The standard InChI is InChI=1S/C12H21Br2NO3/c1-10(14)12(17)15-6-4-2-3-5-7-18-9-11(16)8-13/h10H,2-9H2,1H3,(H,15,17). The number of hydrogen-bond acceptors (Lipinski definition) is 3. The van der Waals surface area contributed by atoms with Gasteiger partial charge in [-0.3, -0.25) is 9.59 Å². The number of amides is 1. The van der Waals surface area contributed by atoms with Gasteiger partial charge in [0.05, 0.1) is 10.2 Å². The molecule has 0 saturated carbocycles. The molecule has 0 aliphatic rings. The van der Waals surface area contributed by atoms with Gasteiger partial charge in [-0.05, 0) is 19.8 Å². The Morgan fingerprint density at radius 2 is 1.89 bits per heavy atom. The van der Waals surface area contributed by atoms with Gasteiger partial charge >= 0.3 is 0 Å². The van der Waals surface area contributed by atoms with Crippen molar-refractivity contribution in [3.63, 3.8) is 0 Å². The largest absolute Gasteiger partial charge is 0.374 e. The van der Waals surface area contributed by atoms with Crippen molar-refractivity contribution in [2.75, 3.05) is 25.1 Å². The summed E-state index contributed by atoms with van der Waals surface area (Å²) in [5.41, 5.74) is 0. The molecule has 0 fully saturated rings. The fraction of sp³-hybridized carbons (Fsp3) is 0.833. The van der Waals surface area contributed by atoms with Crippen molar-refractivity contribution < 1.29 is 14.3 Å². The summed E-state index contributed by atoms with van der Waals surface area (Å²) < 4.78 is 5.21. The molecule has 106 valence electrons. The zero-order valence-corrected chi connectivity index (χ0v) is 13.9. The molecule has 1 N–H and O–H groups in total. The molecule has 0 aliphatic carbocycles. The molecule has 0 heterocycles. The number of ether oxygens (including phenoxy) is 1. The Labute approximate surface area is 125 Å². The highest BCUT2D eigenvalue weighted by Gasteiger charge is 2.06. The van der Waals surface area contributed by atoms with Gasteiger partial charge in [-0.25, -0.2) is 0 Å². The van der Waals surface area contributed by atoms with E-state index in [9.17, 15) is 9.59 Å². The number of unbranched alkanes of at least 4 members (excludes halogenated alkanes) is 3. The van der Waals surface area contributed by atoms with Crippen LogP contribution in [0.5, 0.6) is 0 Å². The molecule has 0 aromatic rings. The Morgan fingerprint density at radius 3 is 2.50 bits per heavy atom. The summed E-state index contributed by atoms with van der Waals surface area (Å²) in [7, 11) is 0. The first kappa shape index (κ1) is 18.1. The maximum Gasteiger partial charge on any atom is 0.233 e. The highest BCUT2D eigenvalue weighted by atomic mass is 79.9. The number of ketones is 1. The maximum atomic E-state index is 11.2. The summed E-state index contributed by atoms with van der Waals surface area (Å²) in [6, 6.07) is 0. The van der Waals surface area contributed by atoms with Gasteiger partial charge in [0.25, 0.3) is 0 Å². The fourth-order valence-electron chi connectivity index (χ4n) is 1.26. The van der Waals surface area contributed by atoms with Crippen LogP contribution in [0.3, 0.4) is 0 Å². The second-order valence-corrected chi connectivity index (χ2v) is 5.98. The summed E-state index contributed by atoms with van der Waals surface area (Å²) in [4.78, 5) is 22.0. The molecule has 0 radical (unpaired) electrons. The summed E-state index contributed by atoms with van der Waals surface area (Å²) >= 11 is 6.29. The van der Waals surface area contributed by atoms with Crippen molar-refractivity contribution >= 4 is 43.6 Å². The molecular weight excluding hydrogens is 366 g/mol. The highest BCUT2D eigenvalue weighted by Crippen LogP contribution is 2.01. The van der Waals surface area contributed by atoms with E-state index >= 15 is 0 Å². The van der Waals surface area contributed by atoms with Crippen LogP contribution >= 0.6 is 31.9 Å². The molecule has 0 spiro atoms. The van der Waals surface area contributed by atoms with Crippen molar-refractivity contribution in [3.8, 4) is 0 Å². The third-order valence-corrected chi connectivity index (χ3v) is 3.33. The van der Waals surface area contributed by atoms with Crippen LogP contribution < -0.4 is 5.32 Å².